The summed E-state index contributed by atoms with van der Waals surface area (Å²) in [5, 5.41) is -0.241. The fourth-order valence-corrected chi connectivity index (χ4v) is 3.77. The van der Waals surface area contributed by atoms with Crippen LogP contribution >= 0.6 is 50.1 Å². The predicted molar refractivity (Wildman–Crippen MR) is 98.8 cm³/mol. The molecular weight excluding hydrogens is 466 g/mol. The van der Waals surface area contributed by atoms with Crippen LogP contribution in [0.2, 0.25) is 0 Å². The van der Waals surface area contributed by atoms with Crippen LogP contribution in [0.25, 0.3) is 0 Å². The van der Waals surface area contributed by atoms with E-state index in [0.717, 1.165) is 24.7 Å². The molecule has 21 heavy (non-hydrogen) atoms. The summed E-state index contributed by atoms with van der Waals surface area (Å²) in [5.74, 6) is 1.40. The second-order valence-electron chi connectivity index (χ2n) is 4.59. The maximum Gasteiger partial charge on any atom is 0.161 e. The smallest absolute Gasteiger partial charge is 0.161 e. The second kappa shape index (κ2) is 7.20. The SMILES string of the molecule is COc1cc(C)c(C(Cl)c2cc(Br)ccc2I)cc1OC. The normalized spacial score (nSPS) is 12.1. The summed E-state index contributed by atoms with van der Waals surface area (Å²) in [6.45, 7) is 2.03. The highest BCUT2D eigenvalue weighted by Crippen LogP contribution is 2.39. The third kappa shape index (κ3) is 3.66. The van der Waals surface area contributed by atoms with Gasteiger partial charge in [0.05, 0.1) is 19.6 Å². The number of ether oxygens (including phenoxy) is 2. The van der Waals surface area contributed by atoms with E-state index in [0.29, 0.717) is 11.5 Å². The summed E-state index contributed by atoms with van der Waals surface area (Å²) in [4.78, 5) is 0. The first kappa shape index (κ1) is 16.9. The molecule has 0 aliphatic heterocycles. The number of methoxy groups -OCH3 is 2. The van der Waals surface area contributed by atoms with Crippen molar-refractivity contribution in [2.24, 2.45) is 0 Å². The maximum atomic E-state index is 6.72. The van der Waals surface area contributed by atoms with Crippen LogP contribution in [0, 0.1) is 10.5 Å². The Kier molecular flexibility index (Phi) is 5.80. The Hall–Kier alpha value is -0.460. The van der Waals surface area contributed by atoms with E-state index in [1.165, 1.54) is 0 Å². The van der Waals surface area contributed by atoms with E-state index in [2.05, 4.69) is 44.6 Å². The highest BCUT2D eigenvalue weighted by atomic mass is 127. The highest BCUT2D eigenvalue weighted by molar-refractivity contribution is 14.1. The van der Waals surface area contributed by atoms with E-state index in [-0.39, 0.29) is 5.38 Å². The minimum Gasteiger partial charge on any atom is -0.493 e. The lowest BCUT2D eigenvalue weighted by Crippen LogP contribution is -2.01. The highest BCUT2D eigenvalue weighted by Gasteiger charge is 2.19. The molecule has 0 saturated heterocycles. The average molecular weight is 482 g/mol. The van der Waals surface area contributed by atoms with Gasteiger partial charge in [-0.05, 0) is 76.5 Å². The largest absolute Gasteiger partial charge is 0.493 e. The van der Waals surface area contributed by atoms with Gasteiger partial charge in [-0.25, -0.2) is 0 Å². The molecule has 5 heteroatoms. The molecule has 0 N–H and O–H groups in total. The van der Waals surface area contributed by atoms with Crippen LogP contribution in [-0.2, 0) is 0 Å². The minimum absolute atomic E-state index is 0.241. The minimum atomic E-state index is -0.241. The van der Waals surface area contributed by atoms with Crippen LogP contribution in [0.5, 0.6) is 11.5 Å². The van der Waals surface area contributed by atoms with Crippen molar-refractivity contribution in [2.45, 2.75) is 12.3 Å². The van der Waals surface area contributed by atoms with Crippen LogP contribution in [-0.4, -0.2) is 14.2 Å². The second-order valence-corrected chi connectivity index (χ2v) is 7.11. The lowest BCUT2D eigenvalue weighted by atomic mass is 9.99. The van der Waals surface area contributed by atoms with Gasteiger partial charge in [-0.2, -0.15) is 0 Å². The molecule has 0 spiro atoms. The van der Waals surface area contributed by atoms with Crippen molar-refractivity contribution in [3.63, 3.8) is 0 Å². The predicted octanol–water partition coefficient (Wildman–Crippen LogP) is 5.71. The molecule has 0 saturated carbocycles. The van der Waals surface area contributed by atoms with Gasteiger partial charge in [0.15, 0.2) is 11.5 Å². The summed E-state index contributed by atoms with van der Waals surface area (Å²) in [7, 11) is 3.26. The van der Waals surface area contributed by atoms with Gasteiger partial charge in [0.1, 0.15) is 0 Å². The molecule has 1 atom stereocenters. The summed E-state index contributed by atoms with van der Waals surface area (Å²) >= 11 is 12.5. The maximum absolute atomic E-state index is 6.72. The number of hydrogen-bond acceptors (Lipinski definition) is 2. The molecule has 0 amide bonds. The zero-order chi connectivity index (χ0) is 15.6. The molecule has 2 aromatic carbocycles. The van der Waals surface area contributed by atoms with Gasteiger partial charge in [-0.1, -0.05) is 15.9 Å². The third-order valence-corrected chi connectivity index (χ3v) is 5.22. The van der Waals surface area contributed by atoms with Gasteiger partial charge in [0, 0.05) is 8.04 Å². The number of aryl methyl sites for hydroxylation is 1. The Morgan fingerprint density at radius 3 is 2.29 bits per heavy atom. The quantitative estimate of drug-likeness (QED) is 0.412. The number of halogens is 3. The van der Waals surface area contributed by atoms with Crippen molar-refractivity contribution in [1.29, 1.82) is 0 Å². The van der Waals surface area contributed by atoms with Gasteiger partial charge < -0.3 is 9.47 Å². The summed E-state index contributed by atoms with van der Waals surface area (Å²) in [5.41, 5.74) is 3.16. The zero-order valence-electron chi connectivity index (χ0n) is 11.9. The fourth-order valence-electron chi connectivity index (χ4n) is 2.15. The number of hydrogen-bond donors (Lipinski definition) is 0. The van der Waals surface area contributed by atoms with Gasteiger partial charge in [-0.15, -0.1) is 11.6 Å². The van der Waals surface area contributed by atoms with Gasteiger partial charge in [0.25, 0.3) is 0 Å². The van der Waals surface area contributed by atoms with Gasteiger partial charge in [0.2, 0.25) is 0 Å². The number of benzene rings is 2. The van der Waals surface area contributed by atoms with Crippen molar-refractivity contribution in [3.05, 3.63) is 55.1 Å². The lowest BCUT2D eigenvalue weighted by Gasteiger charge is -2.18. The van der Waals surface area contributed by atoms with Gasteiger partial charge in [-0.3, -0.25) is 0 Å². The van der Waals surface area contributed by atoms with Gasteiger partial charge >= 0.3 is 0 Å². The molecule has 1 unspecified atom stereocenters. The molecule has 0 aliphatic rings. The van der Waals surface area contributed by atoms with Crippen LogP contribution < -0.4 is 9.47 Å². The topological polar surface area (TPSA) is 18.5 Å². The molecule has 2 aromatic rings. The Labute approximate surface area is 152 Å². The zero-order valence-corrected chi connectivity index (χ0v) is 16.4. The van der Waals surface area contributed by atoms with Crippen LogP contribution in [0.4, 0.5) is 0 Å². The first-order valence-corrected chi connectivity index (χ1v) is 8.60. The third-order valence-electron chi connectivity index (χ3n) is 3.28. The lowest BCUT2D eigenvalue weighted by molar-refractivity contribution is 0.354. The molecule has 2 rings (SSSR count). The monoisotopic (exact) mass is 480 g/mol. The first-order valence-electron chi connectivity index (χ1n) is 6.29. The van der Waals surface area contributed by atoms with E-state index in [9.17, 15) is 0 Å². The fraction of sp³-hybridized carbons (Fsp3) is 0.250. The molecule has 0 aromatic heterocycles. The molecule has 0 heterocycles. The van der Waals surface area contributed by atoms with E-state index >= 15 is 0 Å². The number of rotatable bonds is 4. The van der Waals surface area contributed by atoms with Crippen molar-refractivity contribution >= 4 is 50.1 Å². The average Bonchev–Trinajstić information content (AvgIpc) is 2.48. The van der Waals surface area contributed by atoms with Crippen molar-refractivity contribution in [2.75, 3.05) is 14.2 Å². The standard InChI is InChI=1S/C16H15BrClIO2/c1-9-6-14(20-2)15(21-3)8-11(9)16(18)12-7-10(17)4-5-13(12)19/h4-8,16H,1-3H3. The van der Waals surface area contributed by atoms with Crippen molar-refractivity contribution in [1.82, 2.24) is 0 Å². The summed E-state index contributed by atoms with van der Waals surface area (Å²) < 4.78 is 12.8. The summed E-state index contributed by atoms with van der Waals surface area (Å²) in [6.07, 6.45) is 0. The molecule has 0 fully saturated rings. The molecular formula is C16H15BrClIO2. The van der Waals surface area contributed by atoms with E-state index < -0.39 is 0 Å². The first-order chi connectivity index (χ1) is 9.97. The van der Waals surface area contributed by atoms with Crippen LogP contribution in [0.3, 0.4) is 0 Å². The molecule has 0 aliphatic carbocycles. The number of alkyl halides is 1. The van der Waals surface area contributed by atoms with E-state index in [1.54, 1.807) is 14.2 Å². The van der Waals surface area contributed by atoms with E-state index in [1.807, 2.05) is 31.2 Å². The van der Waals surface area contributed by atoms with Crippen molar-refractivity contribution in [3.8, 4) is 11.5 Å². The Bertz CT molecular complexity index is 661. The van der Waals surface area contributed by atoms with Crippen LogP contribution in [0.1, 0.15) is 22.1 Å². The Balaban J connectivity index is 2.52. The molecule has 2 nitrogen and oxygen atoms in total. The van der Waals surface area contributed by atoms with Crippen molar-refractivity contribution < 1.29 is 9.47 Å². The van der Waals surface area contributed by atoms with Crippen LogP contribution in [0.15, 0.2) is 34.8 Å². The molecule has 0 radical (unpaired) electrons. The molecule has 0 bridgehead atoms. The molecule has 112 valence electrons. The Morgan fingerprint density at radius 1 is 1.05 bits per heavy atom. The summed E-state index contributed by atoms with van der Waals surface area (Å²) in [6, 6.07) is 10.0. The Morgan fingerprint density at radius 2 is 1.67 bits per heavy atom. The van der Waals surface area contributed by atoms with E-state index in [4.69, 9.17) is 21.1 Å².